The normalized spacial score (nSPS) is 14.0. The van der Waals surface area contributed by atoms with Gasteiger partial charge in [-0.3, -0.25) is 9.69 Å². The van der Waals surface area contributed by atoms with Gasteiger partial charge in [0.2, 0.25) is 5.91 Å². The summed E-state index contributed by atoms with van der Waals surface area (Å²) in [5.74, 6) is -1.08. The predicted octanol–water partition coefficient (Wildman–Crippen LogP) is 4.29. The number of benzene rings is 2. The number of rotatable bonds is 8. The third-order valence-electron chi connectivity index (χ3n) is 6.45. The van der Waals surface area contributed by atoms with E-state index >= 15 is 0 Å². The highest BCUT2D eigenvalue weighted by Gasteiger charge is 2.25. The van der Waals surface area contributed by atoms with Crippen molar-refractivity contribution in [2.75, 3.05) is 19.6 Å². The number of carbonyl (C=O) groups is 3. The fraction of sp³-hybridized carbons (Fsp3) is 0.345. The molecule has 0 unspecified atom stereocenters. The van der Waals surface area contributed by atoms with Crippen molar-refractivity contribution in [3.05, 3.63) is 95.4 Å². The van der Waals surface area contributed by atoms with Crippen molar-refractivity contribution in [2.24, 2.45) is 5.92 Å². The molecule has 0 aliphatic carbocycles. The van der Waals surface area contributed by atoms with Crippen LogP contribution in [-0.2, 0) is 20.9 Å². The van der Waals surface area contributed by atoms with Crippen LogP contribution < -0.4 is 5.32 Å². The van der Waals surface area contributed by atoms with E-state index in [2.05, 4.69) is 58.7 Å². The van der Waals surface area contributed by atoms with Gasteiger partial charge in [0.1, 0.15) is 11.5 Å². The number of aryl methyl sites for hydroxylation is 1. The Labute approximate surface area is 216 Å². The minimum absolute atomic E-state index is 0.112. The molecule has 0 saturated carbocycles. The van der Waals surface area contributed by atoms with Crippen LogP contribution in [0, 0.1) is 12.8 Å². The minimum Gasteiger partial charge on any atom is -0.473 e. The van der Waals surface area contributed by atoms with Crippen molar-refractivity contribution in [3.63, 3.8) is 0 Å². The zero-order valence-electron chi connectivity index (χ0n) is 21.0. The number of piperidine rings is 1. The molecule has 2 heterocycles. The van der Waals surface area contributed by atoms with E-state index in [4.69, 9.17) is 24.2 Å². The number of aliphatic carboxylic acids is 2. The summed E-state index contributed by atoms with van der Waals surface area (Å²) in [5, 5.41) is 18.0. The van der Waals surface area contributed by atoms with E-state index in [1.807, 2.05) is 31.2 Å². The number of amides is 1. The van der Waals surface area contributed by atoms with Gasteiger partial charge in [-0.2, -0.15) is 0 Å². The van der Waals surface area contributed by atoms with Crippen LogP contribution in [-0.4, -0.2) is 52.6 Å². The first kappa shape index (κ1) is 27.7. The molecule has 8 heteroatoms. The Morgan fingerprint density at radius 1 is 0.892 bits per heavy atom. The summed E-state index contributed by atoms with van der Waals surface area (Å²) >= 11 is 0. The van der Waals surface area contributed by atoms with Crippen LogP contribution in [0.2, 0.25) is 0 Å². The Morgan fingerprint density at radius 2 is 1.43 bits per heavy atom. The van der Waals surface area contributed by atoms with Crippen molar-refractivity contribution in [2.45, 2.75) is 38.6 Å². The molecule has 2 aromatic carbocycles. The van der Waals surface area contributed by atoms with Gasteiger partial charge in [0.15, 0.2) is 0 Å². The van der Waals surface area contributed by atoms with Crippen LogP contribution in [0.15, 0.2) is 77.2 Å². The van der Waals surface area contributed by atoms with Crippen LogP contribution in [0.25, 0.3) is 0 Å². The lowest BCUT2D eigenvalue weighted by atomic mass is 9.88. The largest absolute Gasteiger partial charge is 0.473 e. The van der Waals surface area contributed by atoms with Crippen molar-refractivity contribution in [3.8, 4) is 0 Å². The average Bonchev–Trinajstić information content (AvgIpc) is 3.32. The number of likely N-dealkylation sites (tertiary alicyclic amines) is 1. The third kappa shape index (κ3) is 8.91. The smallest absolute Gasteiger partial charge is 0.414 e. The summed E-state index contributed by atoms with van der Waals surface area (Å²) in [6.07, 6.45) is 2.72. The number of furan rings is 1. The Balaban J connectivity index is 0.000000568. The second kappa shape index (κ2) is 14.0. The van der Waals surface area contributed by atoms with Gasteiger partial charge in [-0.15, -0.1) is 0 Å². The second-order valence-corrected chi connectivity index (χ2v) is 9.13. The number of carboxylic acid groups (broad SMARTS) is 2. The predicted molar refractivity (Wildman–Crippen MR) is 139 cm³/mol. The Kier molecular flexibility index (Phi) is 10.5. The van der Waals surface area contributed by atoms with Gasteiger partial charge < -0.3 is 19.9 Å². The molecule has 196 valence electrons. The molecule has 0 spiro atoms. The molecule has 1 aromatic heterocycles. The summed E-state index contributed by atoms with van der Waals surface area (Å²) in [4.78, 5) is 33.3. The average molecular weight is 507 g/mol. The molecular weight excluding hydrogens is 472 g/mol. The van der Waals surface area contributed by atoms with Gasteiger partial charge >= 0.3 is 11.9 Å². The Hall–Kier alpha value is -3.91. The molecule has 0 atom stereocenters. The van der Waals surface area contributed by atoms with Gasteiger partial charge in [-0.1, -0.05) is 60.7 Å². The molecule has 4 rings (SSSR count). The molecule has 1 saturated heterocycles. The lowest BCUT2D eigenvalue weighted by Crippen LogP contribution is -2.40. The van der Waals surface area contributed by atoms with Crippen LogP contribution >= 0.6 is 0 Å². The maximum absolute atomic E-state index is 12.8. The highest BCUT2D eigenvalue weighted by Crippen LogP contribution is 2.27. The maximum atomic E-state index is 12.8. The zero-order valence-corrected chi connectivity index (χ0v) is 21.0. The summed E-state index contributed by atoms with van der Waals surface area (Å²) in [7, 11) is 0. The summed E-state index contributed by atoms with van der Waals surface area (Å²) in [6.45, 7) is 5.38. The summed E-state index contributed by atoms with van der Waals surface area (Å²) in [6, 6.07) is 25.2. The number of nitrogens with zero attached hydrogens (tertiary/aromatic N) is 1. The molecule has 1 aliphatic heterocycles. The molecular formula is C29H34N2O6. The number of hydrogen-bond acceptors (Lipinski definition) is 5. The first-order chi connectivity index (χ1) is 17.8. The minimum atomic E-state index is -1.82. The van der Waals surface area contributed by atoms with Crippen LogP contribution in [0.1, 0.15) is 47.8 Å². The molecule has 1 aliphatic rings. The van der Waals surface area contributed by atoms with Crippen molar-refractivity contribution in [1.29, 1.82) is 0 Å². The highest BCUT2D eigenvalue weighted by molar-refractivity contribution is 6.27. The first-order valence-corrected chi connectivity index (χ1v) is 12.4. The van der Waals surface area contributed by atoms with E-state index in [0.717, 1.165) is 50.4 Å². The number of nitrogens with one attached hydrogen (secondary N) is 1. The zero-order chi connectivity index (χ0) is 26.6. The third-order valence-corrected chi connectivity index (χ3v) is 6.45. The lowest BCUT2D eigenvalue weighted by molar-refractivity contribution is -0.159. The fourth-order valence-electron chi connectivity index (χ4n) is 4.52. The molecule has 1 fully saturated rings. The van der Waals surface area contributed by atoms with E-state index in [1.54, 1.807) is 0 Å². The molecule has 37 heavy (non-hydrogen) atoms. The summed E-state index contributed by atoms with van der Waals surface area (Å²) < 4.78 is 5.69. The molecule has 8 nitrogen and oxygen atoms in total. The van der Waals surface area contributed by atoms with Crippen molar-refractivity contribution < 1.29 is 29.0 Å². The van der Waals surface area contributed by atoms with E-state index in [0.29, 0.717) is 12.5 Å². The molecule has 1 amide bonds. The second-order valence-electron chi connectivity index (χ2n) is 9.13. The van der Waals surface area contributed by atoms with Crippen LogP contribution in [0.3, 0.4) is 0 Å². The van der Waals surface area contributed by atoms with Gasteiger partial charge in [0.05, 0.1) is 6.54 Å². The molecule has 3 aromatic rings. The van der Waals surface area contributed by atoms with Gasteiger partial charge in [0.25, 0.3) is 0 Å². The van der Waals surface area contributed by atoms with E-state index in [9.17, 15) is 4.79 Å². The SMILES string of the molecule is Cc1ccc(CN2CCC(C(=O)NCCC(c3ccccc3)c3ccccc3)CC2)o1.O=C(O)C(=O)O. The van der Waals surface area contributed by atoms with Gasteiger partial charge in [0, 0.05) is 18.4 Å². The van der Waals surface area contributed by atoms with E-state index < -0.39 is 11.9 Å². The Bertz CT molecular complexity index is 1090. The number of carboxylic acids is 2. The van der Waals surface area contributed by atoms with Gasteiger partial charge in [-0.05, 0) is 62.5 Å². The number of hydrogen-bond donors (Lipinski definition) is 3. The van der Waals surface area contributed by atoms with Gasteiger partial charge in [-0.25, -0.2) is 9.59 Å². The Morgan fingerprint density at radius 3 is 1.89 bits per heavy atom. The van der Waals surface area contributed by atoms with Crippen LogP contribution in [0.5, 0.6) is 0 Å². The highest BCUT2D eigenvalue weighted by atomic mass is 16.4. The fourth-order valence-corrected chi connectivity index (χ4v) is 4.52. The summed E-state index contributed by atoms with van der Waals surface area (Å²) in [5.41, 5.74) is 2.59. The van der Waals surface area contributed by atoms with E-state index in [-0.39, 0.29) is 11.8 Å². The molecule has 3 N–H and O–H groups in total. The first-order valence-electron chi connectivity index (χ1n) is 12.4. The van der Waals surface area contributed by atoms with Crippen molar-refractivity contribution in [1.82, 2.24) is 10.2 Å². The van der Waals surface area contributed by atoms with E-state index in [1.165, 1.54) is 11.1 Å². The van der Waals surface area contributed by atoms with Crippen LogP contribution in [0.4, 0.5) is 0 Å². The maximum Gasteiger partial charge on any atom is 0.414 e. The monoisotopic (exact) mass is 506 g/mol. The lowest BCUT2D eigenvalue weighted by Gasteiger charge is -2.30. The quantitative estimate of drug-likeness (QED) is 0.390. The topological polar surface area (TPSA) is 120 Å². The molecule has 0 bridgehead atoms. The standard InChI is InChI=1S/C27H32N2O2.C2H2O4/c1-21-12-13-25(31-21)20-29-18-15-24(16-19-29)27(30)28-17-14-26(22-8-4-2-5-9-22)23-10-6-3-7-11-23;3-1(4)2(5)6/h2-13,24,26H,14-20H2,1H3,(H,28,30);(H,3,4)(H,5,6). The van der Waals surface area contributed by atoms with Crippen molar-refractivity contribution >= 4 is 17.8 Å². The molecule has 0 radical (unpaired) electrons. The number of carbonyl (C=O) groups excluding carboxylic acids is 1.